The number of aromatic nitrogens is 2. The molecular weight excluding hydrogens is 513 g/mol. The second kappa shape index (κ2) is 11.5. The lowest BCUT2D eigenvalue weighted by Crippen LogP contribution is -2.49. The van der Waals surface area contributed by atoms with Crippen LogP contribution in [0.3, 0.4) is 0 Å². The summed E-state index contributed by atoms with van der Waals surface area (Å²) in [7, 11) is 0. The highest BCUT2D eigenvalue weighted by atomic mass is 35.5. The number of anilines is 2. The summed E-state index contributed by atoms with van der Waals surface area (Å²) >= 11 is 12.2. The van der Waals surface area contributed by atoms with E-state index in [0.29, 0.717) is 60.8 Å². The summed E-state index contributed by atoms with van der Waals surface area (Å²) in [6, 6.07) is 16.8. The Bertz CT molecular complexity index is 1300. The van der Waals surface area contributed by atoms with Gasteiger partial charge in [-0.1, -0.05) is 41.4 Å². The van der Waals surface area contributed by atoms with Crippen LogP contribution in [0.15, 0.2) is 59.4 Å². The SMILES string of the molecule is O=C(CCn1nc(N2CCOCC2)cc(-c2ccc(Cl)cc2)c1=O)N1CCN(c2cccc(Cl)c2)CC1. The lowest BCUT2D eigenvalue weighted by atomic mass is 10.1. The van der Waals surface area contributed by atoms with E-state index in [2.05, 4.69) is 14.9 Å². The maximum absolute atomic E-state index is 13.4. The summed E-state index contributed by atoms with van der Waals surface area (Å²) in [6.45, 7) is 5.53. The van der Waals surface area contributed by atoms with Crippen LogP contribution in [0, 0.1) is 0 Å². The minimum Gasteiger partial charge on any atom is -0.378 e. The van der Waals surface area contributed by atoms with E-state index < -0.39 is 0 Å². The fraction of sp³-hybridized carbons (Fsp3) is 0.370. The van der Waals surface area contributed by atoms with Gasteiger partial charge >= 0.3 is 0 Å². The van der Waals surface area contributed by atoms with E-state index in [4.69, 9.17) is 27.9 Å². The summed E-state index contributed by atoms with van der Waals surface area (Å²) in [4.78, 5) is 32.6. The number of amides is 1. The molecule has 2 saturated heterocycles. The highest BCUT2D eigenvalue weighted by Gasteiger charge is 2.23. The maximum atomic E-state index is 13.4. The number of aryl methyl sites for hydroxylation is 1. The number of nitrogens with zero attached hydrogens (tertiary/aromatic N) is 5. The van der Waals surface area contributed by atoms with Gasteiger partial charge < -0.3 is 19.4 Å². The molecule has 0 spiro atoms. The number of rotatable bonds is 6. The first-order valence-corrected chi connectivity index (χ1v) is 13.2. The van der Waals surface area contributed by atoms with Crippen LogP contribution in [0.25, 0.3) is 11.1 Å². The summed E-state index contributed by atoms with van der Waals surface area (Å²) < 4.78 is 6.90. The molecule has 1 aromatic heterocycles. The predicted molar refractivity (Wildman–Crippen MR) is 147 cm³/mol. The molecule has 2 aliphatic heterocycles. The lowest BCUT2D eigenvalue weighted by molar-refractivity contribution is -0.131. The number of carbonyl (C=O) groups excluding carboxylic acids is 1. The van der Waals surface area contributed by atoms with Crippen LogP contribution in [0.4, 0.5) is 11.5 Å². The first kappa shape index (κ1) is 25.6. The molecule has 37 heavy (non-hydrogen) atoms. The van der Waals surface area contributed by atoms with Crippen molar-refractivity contribution in [3.8, 4) is 11.1 Å². The number of halogens is 2. The van der Waals surface area contributed by atoms with Crippen molar-refractivity contribution in [2.45, 2.75) is 13.0 Å². The van der Waals surface area contributed by atoms with Crippen molar-refractivity contribution in [1.29, 1.82) is 0 Å². The molecule has 2 aliphatic rings. The smallest absolute Gasteiger partial charge is 0.274 e. The van der Waals surface area contributed by atoms with Gasteiger partial charge in [-0.2, -0.15) is 5.10 Å². The third-order valence-electron chi connectivity index (χ3n) is 6.79. The van der Waals surface area contributed by atoms with E-state index in [9.17, 15) is 9.59 Å². The fourth-order valence-corrected chi connectivity index (χ4v) is 5.02. The van der Waals surface area contributed by atoms with Gasteiger partial charge in [0.2, 0.25) is 5.91 Å². The number of piperazine rings is 1. The molecule has 3 heterocycles. The largest absolute Gasteiger partial charge is 0.378 e. The van der Waals surface area contributed by atoms with Gasteiger partial charge in [0.25, 0.3) is 5.56 Å². The van der Waals surface area contributed by atoms with Crippen LogP contribution in [0.5, 0.6) is 0 Å². The number of hydrogen-bond acceptors (Lipinski definition) is 6. The van der Waals surface area contributed by atoms with E-state index in [1.165, 1.54) is 4.68 Å². The minimum absolute atomic E-state index is 0.0178. The van der Waals surface area contributed by atoms with Crippen LogP contribution in [0.2, 0.25) is 10.0 Å². The second-order valence-corrected chi connectivity index (χ2v) is 10.0. The lowest BCUT2D eigenvalue weighted by Gasteiger charge is -2.36. The molecule has 0 bridgehead atoms. The van der Waals surface area contributed by atoms with Crippen molar-refractivity contribution >= 4 is 40.6 Å². The van der Waals surface area contributed by atoms with Gasteiger partial charge in [-0.15, -0.1) is 0 Å². The Kier molecular flexibility index (Phi) is 7.98. The molecule has 8 nitrogen and oxygen atoms in total. The van der Waals surface area contributed by atoms with Crippen molar-refractivity contribution in [3.05, 3.63) is 75.0 Å². The van der Waals surface area contributed by atoms with Crippen LogP contribution < -0.4 is 15.4 Å². The molecule has 0 N–H and O–H groups in total. The van der Waals surface area contributed by atoms with E-state index in [1.807, 2.05) is 47.4 Å². The molecule has 194 valence electrons. The van der Waals surface area contributed by atoms with Crippen molar-refractivity contribution in [1.82, 2.24) is 14.7 Å². The number of benzene rings is 2. The molecule has 0 atom stereocenters. The van der Waals surface area contributed by atoms with Gasteiger partial charge in [0.1, 0.15) is 5.82 Å². The van der Waals surface area contributed by atoms with E-state index in [0.717, 1.165) is 24.3 Å². The summed E-state index contributed by atoms with van der Waals surface area (Å²) in [5, 5.41) is 5.94. The molecule has 0 saturated carbocycles. The first-order chi connectivity index (χ1) is 18.0. The van der Waals surface area contributed by atoms with Crippen molar-refractivity contribution < 1.29 is 9.53 Å². The van der Waals surface area contributed by atoms with Gasteiger partial charge in [0, 0.05) is 61.4 Å². The molecule has 2 fully saturated rings. The van der Waals surface area contributed by atoms with Crippen LogP contribution in [-0.4, -0.2) is 73.1 Å². The molecule has 2 aromatic carbocycles. The Labute approximate surface area is 225 Å². The average molecular weight is 542 g/mol. The van der Waals surface area contributed by atoms with Crippen LogP contribution in [-0.2, 0) is 16.1 Å². The maximum Gasteiger partial charge on any atom is 0.274 e. The number of morpholine rings is 1. The Morgan fingerprint density at radius 3 is 2.30 bits per heavy atom. The monoisotopic (exact) mass is 541 g/mol. The molecule has 3 aromatic rings. The number of ether oxygens (including phenoxy) is 1. The summed E-state index contributed by atoms with van der Waals surface area (Å²) in [5.41, 5.74) is 2.14. The molecular formula is C27H29Cl2N5O3. The molecule has 0 aliphatic carbocycles. The fourth-order valence-electron chi connectivity index (χ4n) is 4.71. The van der Waals surface area contributed by atoms with E-state index in [1.54, 1.807) is 12.1 Å². The topological polar surface area (TPSA) is 70.9 Å². The van der Waals surface area contributed by atoms with Gasteiger partial charge in [-0.3, -0.25) is 9.59 Å². The quantitative estimate of drug-likeness (QED) is 0.472. The van der Waals surface area contributed by atoms with Crippen LogP contribution >= 0.6 is 23.2 Å². The Morgan fingerprint density at radius 2 is 1.59 bits per heavy atom. The number of hydrogen-bond donors (Lipinski definition) is 0. The minimum atomic E-state index is -0.224. The van der Waals surface area contributed by atoms with Crippen molar-refractivity contribution in [2.75, 3.05) is 62.3 Å². The summed E-state index contributed by atoms with van der Waals surface area (Å²) in [6.07, 6.45) is 0.205. The summed E-state index contributed by atoms with van der Waals surface area (Å²) in [5.74, 6) is 0.722. The first-order valence-electron chi connectivity index (χ1n) is 12.5. The Hall–Kier alpha value is -3.07. The van der Waals surface area contributed by atoms with E-state index in [-0.39, 0.29) is 24.4 Å². The van der Waals surface area contributed by atoms with Gasteiger partial charge in [-0.05, 0) is 42.0 Å². The highest BCUT2D eigenvalue weighted by molar-refractivity contribution is 6.31. The predicted octanol–water partition coefficient (Wildman–Crippen LogP) is 3.79. The average Bonchev–Trinajstić information content (AvgIpc) is 2.93. The zero-order valence-corrected chi connectivity index (χ0v) is 22.0. The van der Waals surface area contributed by atoms with Crippen molar-refractivity contribution in [3.63, 3.8) is 0 Å². The zero-order chi connectivity index (χ0) is 25.8. The number of carbonyl (C=O) groups is 1. The molecule has 10 heteroatoms. The van der Waals surface area contributed by atoms with Gasteiger partial charge in [0.05, 0.1) is 25.3 Å². The Balaban J connectivity index is 1.29. The second-order valence-electron chi connectivity index (χ2n) is 9.15. The zero-order valence-electron chi connectivity index (χ0n) is 20.5. The third-order valence-corrected chi connectivity index (χ3v) is 7.28. The molecule has 5 rings (SSSR count). The van der Waals surface area contributed by atoms with Gasteiger partial charge in [-0.25, -0.2) is 4.68 Å². The molecule has 0 unspecified atom stereocenters. The molecule has 0 radical (unpaired) electrons. The van der Waals surface area contributed by atoms with Gasteiger partial charge in [0.15, 0.2) is 0 Å². The third kappa shape index (κ3) is 6.09. The van der Waals surface area contributed by atoms with Crippen LogP contribution in [0.1, 0.15) is 6.42 Å². The normalized spacial score (nSPS) is 16.2. The molecule has 1 amide bonds. The Morgan fingerprint density at radius 1 is 0.865 bits per heavy atom. The van der Waals surface area contributed by atoms with E-state index >= 15 is 0 Å². The highest BCUT2D eigenvalue weighted by Crippen LogP contribution is 2.23. The standard InChI is InChI=1S/C27H29Cl2N5O3/c28-21-6-4-20(5-7-21)24-19-25(32-14-16-37-17-15-32)30-34(27(24)36)9-8-26(35)33-12-10-31(11-13-33)23-3-1-2-22(29)18-23/h1-7,18-19H,8-17H2. The van der Waals surface area contributed by atoms with Crippen molar-refractivity contribution in [2.24, 2.45) is 0 Å².